The van der Waals surface area contributed by atoms with Crippen LogP contribution in [-0.2, 0) is 6.54 Å². The van der Waals surface area contributed by atoms with Crippen molar-refractivity contribution in [3.05, 3.63) is 70.8 Å². The monoisotopic (exact) mass is 255 g/mol. The second-order valence-electron chi connectivity index (χ2n) is 4.93. The molecule has 0 spiro atoms. The average Bonchev–Trinajstić information content (AvgIpc) is 2.43. The van der Waals surface area contributed by atoms with E-state index in [0.29, 0.717) is 6.54 Å². The van der Waals surface area contributed by atoms with Crippen LogP contribution in [0.25, 0.3) is 0 Å². The molecule has 0 radical (unpaired) electrons. The van der Waals surface area contributed by atoms with Crippen molar-refractivity contribution in [2.24, 2.45) is 0 Å². The molecular weight excluding hydrogens is 234 g/mol. The van der Waals surface area contributed by atoms with Crippen molar-refractivity contribution in [3.63, 3.8) is 0 Å². The minimum absolute atomic E-state index is 0.453. The topological polar surface area (TPSA) is 32.3 Å². The van der Waals surface area contributed by atoms with Gasteiger partial charge >= 0.3 is 0 Å². The minimum atomic E-state index is -0.453. The molecule has 0 aromatic heterocycles. The van der Waals surface area contributed by atoms with Gasteiger partial charge in [0.1, 0.15) is 0 Å². The quantitative estimate of drug-likeness (QED) is 0.860. The van der Waals surface area contributed by atoms with Crippen molar-refractivity contribution in [1.82, 2.24) is 5.32 Å². The first-order valence-electron chi connectivity index (χ1n) is 6.67. The maximum Gasteiger partial charge on any atom is 0.0914 e. The van der Waals surface area contributed by atoms with Crippen LogP contribution in [0.5, 0.6) is 0 Å². The largest absolute Gasteiger partial charge is 0.387 e. The number of aliphatic hydroxyl groups excluding tert-OH is 1. The summed E-state index contributed by atoms with van der Waals surface area (Å²) in [5.74, 6) is 0. The summed E-state index contributed by atoms with van der Waals surface area (Å²) in [6.45, 7) is 5.61. The molecule has 2 nitrogen and oxygen atoms in total. The van der Waals surface area contributed by atoms with E-state index in [1.807, 2.05) is 30.3 Å². The van der Waals surface area contributed by atoms with Gasteiger partial charge in [-0.05, 0) is 36.1 Å². The Morgan fingerprint density at radius 1 is 0.947 bits per heavy atom. The van der Waals surface area contributed by atoms with Crippen LogP contribution in [0.4, 0.5) is 0 Å². The van der Waals surface area contributed by atoms with Gasteiger partial charge in [0.15, 0.2) is 0 Å². The predicted molar refractivity (Wildman–Crippen MR) is 79.0 cm³/mol. The van der Waals surface area contributed by atoms with E-state index in [1.165, 1.54) is 16.7 Å². The normalized spacial score (nSPS) is 12.4. The van der Waals surface area contributed by atoms with Gasteiger partial charge < -0.3 is 10.4 Å². The van der Waals surface area contributed by atoms with E-state index in [4.69, 9.17) is 0 Å². The van der Waals surface area contributed by atoms with Gasteiger partial charge in [0.05, 0.1) is 6.10 Å². The molecule has 0 aliphatic heterocycles. The molecule has 0 saturated carbocycles. The minimum Gasteiger partial charge on any atom is -0.387 e. The zero-order valence-corrected chi connectivity index (χ0v) is 11.6. The fourth-order valence-electron chi connectivity index (χ4n) is 2.25. The molecule has 100 valence electrons. The lowest BCUT2D eigenvalue weighted by molar-refractivity contribution is 0.174. The second kappa shape index (κ2) is 6.50. The van der Waals surface area contributed by atoms with E-state index in [0.717, 1.165) is 12.1 Å². The Morgan fingerprint density at radius 3 is 2.21 bits per heavy atom. The molecule has 2 N–H and O–H groups in total. The summed E-state index contributed by atoms with van der Waals surface area (Å²) in [6.07, 6.45) is -0.453. The molecule has 0 saturated heterocycles. The van der Waals surface area contributed by atoms with Gasteiger partial charge in [-0.3, -0.25) is 0 Å². The van der Waals surface area contributed by atoms with Gasteiger partial charge in [-0.15, -0.1) is 0 Å². The summed E-state index contributed by atoms with van der Waals surface area (Å²) in [7, 11) is 0. The summed E-state index contributed by atoms with van der Waals surface area (Å²) in [6, 6.07) is 16.1. The van der Waals surface area contributed by atoms with Gasteiger partial charge in [-0.25, -0.2) is 0 Å². The fourth-order valence-corrected chi connectivity index (χ4v) is 2.25. The number of nitrogens with one attached hydrogen (secondary N) is 1. The van der Waals surface area contributed by atoms with Crippen LogP contribution >= 0.6 is 0 Å². The first kappa shape index (κ1) is 13.8. The van der Waals surface area contributed by atoms with Gasteiger partial charge in [-0.2, -0.15) is 0 Å². The van der Waals surface area contributed by atoms with Gasteiger partial charge in [0.25, 0.3) is 0 Å². The molecule has 1 unspecified atom stereocenters. The van der Waals surface area contributed by atoms with E-state index in [1.54, 1.807) is 0 Å². The average molecular weight is 255 g/mol. The number of benzene rings is 2. The Morgan fingerprint density at radius 2 is 1.58 bits per heavy atom. The summed E-state index contributed by atoms with van der Waals surface area (Å²) in [5, 5.41) is 13.4. The highest BCUT2D eigenvalue weighted by Crippen LogP contribution is 2.14. The molecule has 0 amide bonds. The molecule has 0 aliphatic rings. The number of rotatable bonds is 5. The Labute approximate surface area is 115 Å². The SMILES string of the molecule is Cc1cccc(C)c1CNCC(O)c1ccccc1. The number of hydrogen-bond donors (Lipinski definition) is 2. The van der Waals surface area contributed by atoms with E-state index in [-0.39, 0.29) is 0 Å². The Kier molecular flexibility index (Phi) is 4.72. The van der Waals surface area contributed by atoms with Crippen LogP contribution in [-0.4, -0.2) is 11.7 Å². The van der Waals surface area contributed by atoms with E-state index < -0.39 is 6.10 Å². The molecule has 0 fully saturated rings. The van der Waals surface area contributed by atoms with E-state index in [9.17, 15) is 5.11 Å². The third kappa shape index (κ3) is 3.66. The molecule has 0 bridgehead atoms. The lowest BCUT2D eigenvalue weighted by atomic mass is 10.0. The third-order valence-corrected chi connectivity index (χ3v) is 3.47. The summed E-state index contributed by atoms with van der Waals surface area (Å²) in [5.41, 5.74) is 4.86. The third-order valence-electron chi connectivity index (χ3n) is 3.47. The van der Waals surface area contributed by atoms with Crippen molar-refractivity contribution >= 4 is 0 Å². The highest BCUT2D eigenvalue weighted by atomic mass is 16.3. The van der Waals surface area contributed by atoms with Crippen LogP contribution in [0, 0.1) is 13.8 Å². The van der Waals surface area contributed by atoms with Crippen LogP contribution in [0.1, 0.15) is 28.4 Å². The molecule has 2 rings (SSSR count). The number of hydrogen-bond acceptors (Lipinski definition) is 2. The Bertz CT molecular complexity index is 502. The zero-order chi connectivity index (χ0) is 13.7. The van der Waals surface area contributed by atoms with Gasteiger partial charge in [-0.1, -0.05) is 48.5 Å². The highest BCUT2D eigenvalue weighted by Gasteiger charge is 2.07. The van der Waals surface area contributed by atoms with Gasteiger partial charge in [0.2, 0.25) is 0 Å². The van der Waals surface area contributed by atoms with Gasteiger partial charge in [0, 0.05) is 13.1 Å². The second-order valence-corrected chi connectivity index (χ2v) is 4.93. The van der Waals surface area contributed by atoms with Crippen LogP contribution in [0.2, 0.25) is 0 Å². The molecule has 2 aromatic rings. The summed E-state index contributed by atoms with van der Waals surface area (Å²) < 4.78 is 0. The van der Waals surface area contributed by atoms with Crippen molar-refractivity contribution in [2.75, 3.05) is 6.54 Å². The molecular formula is C17H21NO. The van der Waals surface area contributed by atoms with Crippen molar-refractivity contribution in [3.8, 4) is 0 Å². The molecule has 0 heterocycles. The first-order chi connectivity index (χ1) is 9.18. The molecule has 2 heteroatoms. The Hall–Kier alpha value is -1.64. The maximum absolute atomic E-state index is 10.1. The maximum atomic E-state index is 10.1. The van der Waals surface area contributed by atoms with Crippen LogP contribution in [0.3, 0.4) is 0 Å². The van der Waals surface area contributed by atoms with Crippen LogP contribution < -0.4 is 5.32 Å². The highest BCUT2D eigenvalue weighted by molar-refractivity contribution is 5.33. The Balaban J connectivity index is 1.90. The van der Waals surface area contributed by atoms with E-state index in [2.05, 4.69) is 37.4 Å². The van der Waals surface area contributed by atoms with Crippen molar-refractivity contribution in [2.45, 2.75) is 26.5 Å². The molecule has 2 aromatic carbocycles. The smallest absolute Gasteiger partial charge is 0.0914 e. The summed E-state index contributed by atoms with van der Waals surface area (Å²) in [4.78, 5) is 0. The van der Waals surface area contributed by atoms with Crippen LogP contribution in [0.15, 0.2) is 48.5 Å². The van der Waals surface area contributed by atoms with Crippen molar-refractivity contribution in [1.29, 1.82) is 0 Å². The summed E-state index contributed by atoms with van der Waals surface area (Å²) >= 11 is 0. The number of aryl methyl sites for hydroxylation is 2. The fraction of sp³-hybridized carbons (Fsp3) is 0.294. The molecule has 19 heavy (non-hydrogen) atoms. The first-order valence-corrected chi connectivity index (χ1v) is 6.67. The van der Waals surface area contributed by atoms with E-state index >= 15 is 0 Å². The molecule has 0 aliphatic carbocycles. The predicted octanol–water partition coefficient (Wildman–Crippen LogP) is 3.13. The zero-order valence-electron chi connectivity index (χ0n) is 11.6. The van der Waals surface area contributed by atoms with Crippen molar-refractivity contribution < 1.29 is 5.11 Å². The molecule has 1 atom stereocenters. The number of aliphatic hydroxyl groups is 1. The standard InChI is InChI=1S/C17H21NO/c1-13-7-6-8-14(2)16(13)11-18-12-17(19)15-9-4-3-5-10-15/h3-10,17-19H,11-12H2,1-2H3. The lowest BCUT2D eigenvalue weighted by Crippen LogP contribution is -2.21. The lowest BCUT2D eigenvalue weighted by Gasteiger charge is -2.14.